The van der Waals surface area contributed by atoms with E-state index in [1.807, 2.05) is 0 Å². The SMILES string of the molecule is CC(=O)Nc1ccc(Nc2cccc(F)c2)nc1. The van der Waals surface area contributed by atoms with Gasteiger partial charge in [0.1, 0.15) is 11.6 Å². The van der Waals surface area contributed by atoms with Crippen LogP contribution in [0.3, 0.4) is 0 Å². The minimum absolute atomic E-state index is 0.150. The van der Waals surface area contributed by atoms with Gasteiger partial charge in [0.15, 0.2) is 0 Å². The Labute approximate surface area is 104 Å². The van der Waals surface area contributed by atoms with Crippen molar-refractivity contribution in [3.05, 3.63) is 48.4 Å². The summed E-state index contributed by atoms with van der Waals surface area (Å²) in [6, 6.07) is 9.53. The second-order valence-corrected chi connectivity index (χ2v) is 3.75. The summed E-state index contributed by atoms with van der Waals surface area (Å²) in [6.07, 6.45) is 1.53. The third-order valence-corrected chi connectivity index (χ3v) is 2.18. The molecular formula is C13H12FN3O. The van der Waals surface area contributed by atoms with Gasteiger partial charge in [-0.2, -0.15) is 0 Å². The van der Waals surface area contributed by atoms with Gasteiger partial charge in [0.05, 0.1) is 11.9 Å². The summed E-state index contributed by atoms with van der Waals surface area (Å²) in [5.41, 5.74) is 1.24. The lowest BCUT2D eigenvalue weighted by Gasteiger charge is -2.06. The zero-order valence-electron chi connectivity index (χ0n) is 9.77. The van der Waals surface area contributed by atoms with Gasteiger partial charge in [-0.05, 0) is 30.3 Å². The number of anilines is 3. The standard InChI is InChI=1S/C13H12FN3O/c1-9(18)16-12-5-6-13(15-8-12)17-11-4-2-3-10(14)7-11/h2-8H,1H3,(H,15,17)(H,16,18). The Balaban J connectivity index is 2.08. The molecule has 18 heavy (non-hydrogen) atoms. The molecule has 0 aliphatic heterocycles. The molecule has 0 spiro atoms. The second kappa shape index (κ2) is 5.27. The highest BCUT2D eigenvalue weighted by atomic mass is 19.1. The van der Waals surface area contributed by atoms with Gasteiger partial charge >= 0.3 is 0 Å². The lowest BCUT2D eigenvalue weighted by molar-refractivity contribution is -0.114. The molecule has 0 bridgehead atoms. The Hall–Kier alpha value is -2.43. The number of carbonyl (C=O) groups is 1. The molecule has 2 aromatic rings. The normalized spacial score (nSPS) is 9.89. The minimum Gasteiger partial charge on any atom is -0.340 e. The molecule has 92 valence electrons. The van der Waals surface area contributed by atoms with Crippen LogP contribution in [0.2, 0.25) is 0 Å². The van der Waals surface area contributed by atoms with E-state index in [4.69, 9.17) is 0 Å². The molecule has 0 fully saturated rings. The van der Waals surface area contributed by atoms with Crippen molar-refractivity contribution >= 4 is 23.1 Å². The third kappa shape index (κ3) is 3.28. The van der Waals surface area contributed by atoms with Crippen molar-refractivity contribution in [1.82, 2.24) is 4.98 Å². The first-order valence-corrected chi connectivity index (χ1v) is 5.40. The molecule has 0 atom stereocenters. The van der Waals surface area contributed by atoms with Crippen LogP contribution in [0.4, 0.5) is 21.6 Å². The average Bonchev–Trinajstić information content (AvgIpc) is 2.31. The Morgan fingerprint density at radius 1 is 1.22 bits per heavy atom. The van der Waals surface area contributed by atoms with Crippen LogP contribution < -0.4 is 10.6 Å². The summed E-state index contributed by atoms with van der Waals surface area (Å²) in [5.74, 6) is 0.118. The Bertz CT molecular complexity index is 554. The number of pyridine rings is 1. The van der Waals surface area contributed by atoms with E-state index in [0.29, 0.717) is 17.2 Å². The predicted octanol–water partition coefficient (Wildman–Crippen LogP) is 2.92. The van der Waals surface area contributed by atoms with Crippen molar-refractivity contribution in [1.29, 1.82) is 0 Å². The fraction of sp³-hybridized carbons (Fsp3) is 0.0769. The maximum absolute atomic E-state index is 13.0. The van der Waals surface area contributed by atoms with Crippen LogP contribution in [0.1, 0.15) is 6.92 Å². The van der Waals surface area contributed by atoms with Crippen molar-refractivity contribution in [3.8, 4) is 0 Å². The van der Waals surface area contributed by atoms with Crippen molar-refractivity contribution in [2.45, 2.75) is 6.92 Å². The molecule has 0 unspecified atom stereocenters. The van der Waals surface area contributed by atoms with Crippen LogP contribution >= 0.6 is 0 Å². The summed E-state index contributed by atoms with van der Waals surface area (Å²) in [4.78, 5) is 14.9. The number of aromatic nitrogens is 1. The van der Waals surface area contributed by atoms with E-state index in [0.717, 1.165) is 0 Å². The highest BCUT2D eigenvalue weighted by molar-refractivity contribution is 5.88. The van der Waals surface area contributed by atoms with E-state index in [1.165, 1.54) is 25.3 Å². The summed E-state index contributed by atoms with van der Waals surface area (Å²) in [5, 5.41) is 5.58. The van der Waals surface area contributed by atoms with E-state index < -0.39 is 0 Å². The molecule has 0 aliphatic rings. The van der Waals surface area contributed by atoms with Gasteiger partial charge in [-0.25, -0.2) is 9.37 Å². The lowest BCUT2D eigenvalue weighted by atomic mass is 10.3. The summed E-state index contributed by atoms with van der Waals surface area (Å²) in [6.45, 7) is 1.43. The molecule has 1 aromatic carbocycles. The quantitative estimate of drug-likeness (QED) is 0.874. The first kappa shape index (κ1) is 12.0. The number of rotatable bonds is 3. The van der Waals surface area contributed by atoms with Gasteiger partial charge in [0, 0.05) is 12.6 Å². The van der Waals surface area contributed by atoms with Crippen molar-refractivity contribution < 1.29 is 9.18 Å². The van der Waals surface area contributed by atoms with Crippen LogP contribution in [0.5, 0.6) is 0 Å². The number of nitrogens with zero attached hydrogens (tertiary/aromatic N) is 1. The molecule has 0 saturated carbocycles. The highest BCUT2D eigenvalue weighted by Gasteiger charge is 1.99. The molecule has 0 aliphatic carbocycles. The molecule has 1 amide bonds. The molecule has 0 saturated heterocycles. The van der Waals surface area contributed by atoms with E-state index in [9.17, 15) is 9.18 Å². The molecule has 2 rings (SSSR count). The van der Waals surface area contributed by atoms with Crippen molar-refractivity contribution in [3.63, 3.8) is 0 Å². The topological polar surface area (TPSA) is 54.0 Å². The molecule has 1 heterocycles. The number of benzene rings is 1. The number of halogens is 1. The smallest absolute Gasteiger partial charge is 0.221 e. The van der Waals surface area contributed by atoms with Gasteiger partial charge in [-0.3, -0.25) is 4.79 Å². The number of hydrogen-bond acceptors (Lipinski definition) is 3. The number of nitrogens with one attached hydrogen (secondary N) is 2. The van der Waals surface area contributed by atoms with Crippen LogP contribution in [-0.4, -0.2) is 10.9 Å². The lowest BCUT2D eigenvalue weighted by Crippen LogP contribution is -2.06. The van der Waals surface area contributed by atoms with E-state index in [1.54, 1.807) is 24.3 Å². The Kier molecular flexibility index (Phi) is 3.52. The van der Waals surface area contributed by atoms with Gasteiger partial charge in [0.25, 0.3) is 0 Å². The Morgan fingerprint density at radius 2 is 2.06 bits per heavy atom. The average molecular weight is 245 g/mol. The van der Waals surface area contributed by atoms with Gasteiger partial charge in [-0.1, -0.05) is 6.07 Å². The molecule has 2 N–H and O–H groups in total. The fourth-order valence-electron chi connectivity index (χ4n) is 1.46. The molecule has 4 nitrogen and oxygen atoms in total. The van der Waals surface area contributed by atoms with Crippen molar-refractivity contribution in [2.75, 3.05) is 10.6 Å². The van der Waals surface area contributed by atoms with Gasteiger partial charge in [0.2, 0.25) is 5.91 Å². The van der Waals surface area contributed by atoms with Gasteiger partial charge < -0.3 is 10.6 Å². The van der Waals surface area contributed by atoms with Crippen molar-refractivity contribution in [2.24, 2.45) is 0 Å². The third-order valence-electron chi connectivity index (χ3n) is 2.18. The maximum Gasteiger partial charge on any atom is 0.221 e. The largest absolute Gasteiger partial charge is 0.340 e. The van der Waals surface area contributed by atoms with Crippen LogP contribution in [0, 0.1) is 5.82 Å². The second-order valence-electron chi connectivity index (χ2n) is 3.75. The van der Waals surface area contributed by atoms with E-state index in [-0.39, 0.29) is 11.7 Å². The highest BCUT2D eigenvalue weighted by Crippen LogP contribution is 2.16. The predicted molar refractivity (Wildman–Crippen MR) is 68.2 cm³/mol. The van der Waals surface area contributed by atoms with Crippen LogP contribution in [0.15, 0.2) is 42.6 Å². The van der Waals surface area contributed by atoms with Crippen LogP contribution in [0.25, 0.3) is 0 Å². The van der Waals surface area contributed by atoms with Crippen LogP contribution in [-0.2, 0) is 4.79 Å². The zero-order valence-corrected chi connectivity index (χ0v) is 9.77. The maximum atomic E-state index is 13.0. The number of hydrogen-bond donors (Lipinski definition) is 2. The monoisotopic (exact) mass is 245 g/mol. The van der Waals surface area contributed by atoms with Gasteiger partial charge in [-0.15, -0.1) is 0 Å². The minimum atomic E-state index is -0.310. The first-order chi connectivity index (χ1) is 8.63. The number of amides is 1. The fourth-order valence-corrected chi connectivity index (χ4v) is 1.46. The summed E-state index contributed by atoms with van der Waals surface area (Å²) >= 11 is 0. The molecule has 5 heteroatoms. The summed E-state index contributed by atoms with van der Waals surface area (Å²) in [7, 11) is 0. The molecule has 0 radical (unpaired) electrons. The van der Waals surface area contributed by atoms with E-state index in [2.05, 4.69) is 15.6 Å². The molecular weight excluding hydrogens is 233 g/mol. The summed E-state index contributed by atoms with van der Waals surface area (Å²) < 4.78 is 13.0. The zero-order chi connectivity index (χ0) is 13.0. The molecule has 1 aromatic heterocycles. The number of carbonyl (C=O) groups excluding carboxylic acids is 1. The van der Waals surface area contributed by atoms with E-state index >= 15 is 0 Å². The first-order valence-electron chi connectivity index (χ1n) is 5.40. The Morgan fingerprint density at radius 3 is 2.67 bits per heavy atom.